The Hall–Kier alpha value is -2.63. The molecule has 148 valence electrons. The number of rotatable bonds is 8. The van der Waals surface area contributed by atoms with E-state index in [2.05, 4.69) is 10.6 Å². The molecule has 0 spiro atoms. The number of nitrogens with two attached hydrogens (primary N) is 1. The van der Waals surface area contributed by atoms with Crippen molar-refractivity contribution in [3.05, 3.63) is 52.0 Å². The molecule has 0 bridgehead atoms. The number of halogens is 1. The highest BCUT2D eigenvalue weighted by Gasteiger charge is 2.18. The van der Waals surface area contributed by atoms with E-state index >= 15 is 0 Å². The summed E-state index contributed by atoms with van der Waals surface area (Å²) in [6, 6.07) is 5.12. The number of hydrogen-bond donors (Lipinski definition) is 3. The van der Waals surface area contributed by atoms with Crippen LogP contribution in [0.3, 0.4) is 0 Å². The summed E-state index contributed by atoms with van der Waals surface area (Å²) >= 11 is 0. The van der Waals surface area contributed by atoms with Gasteiger partial charge in [0, 0.05) is 25.4 Å². The predicted octanol–water partition coefficient (Wildman–Crippen LogP) is 1.31. The Bertz CT molecular complexity index is 928. The molecule has 12 heteroatoms. The maximum atomic E-state index is 11.9. The first-order valence-electron chi connectivity index (χ1n) is 7.50. The maximum Gasteiger partial charge on any atom is 0.293 e. The number of anilines is 1. The van der Waals surface area contributed by atoms with Gasteiger partial charge in [0.2, 0.25) is 0 Å². The highest BCUT2D eigenvalue weighted by molar-refractivity contribution is 7.90. The number of carbonyl (C=O) groups excluding carboxylic acids is 1. The van der Waals surface area contributed by atoms with Crippen molar-refractivity contribution in [1.29, 1.82) is 0 Å². The number of benzene rings is 1. The second-order valence-electron chi connectivity index (χ2n) is 5.40. The fraction of sp³-hybridized carbons (Fsp3) is 0.267. The molecule has 0 saturated carbocycles. The minimum Gasteiger partial charge on any atom is -0.467 e. The van der Waals surface area contributed by atoms with Crippen molar-refractivity contribution in [3.8, 4) is 0 Å². The van der Waals surface area contributed by atoms with E-state index in [-0.39, 0.29) is 54.2 Å². The van der Waals surface area contributed by atoms with Gasteiger partial charge in [-0.3, -0.25) is 14.9 Å². The molecular formula is C15H19ClN4O6S. The predicted molar refractivity (Wildman–Crippen MR) is 101 cm³/mol. The summed E-state index contributed by atoms with van der Waals surface area (Å²) in [5.74, 6) is 0.118. The maximum absolute atomic E-state index is 11.9. The average Bonchev–Trinajstić information content (AvgIpc) is 3.06. The normalized spacial score (nSPS) is 10.7. The molecule has 1 amide bonds. The highest BCUT2D eigenvalue weighted by Crippen LogP contribution is 2.27. The van der Waals surface area contributed by atoms with Crippen molar-refractivity contribution in [3.63, 3.8) is 0 Å². The first-order valence-corrected chi connectivity index (χ1v) is 9.39. The van der Waals surface area contributed by atoms with Crippen molar-refractivity contribution in [2.45, 2.75) is 11.4 Å². The van der Waals surface area contributed by atoms with Gasteiger partial charge in [-0.25, -0.2) is 8.42 Å². The van der Waals surface area contributed by atoms with Gasteiger partial charge in [0.15, 0.2) is 9.84 Å². The van der Waals surface area contributed by atoms with E-state index in [1.165, 1.54) is 24.5 Å². The second-order valence-corrected chi connectivity index (χ2v) is 7.41. The van der Waals surface area contributed by atoms with Gasteiger partial charge >= 0.3 is 0 Å². The second kappa shape index (κ2) is 9.35. The molecule has 1 aromatic heterocycles. The third kappa shape index (κ3) is 5.94. The Balaban J connectivity index is 0.00000364. The van der Waals surface area contributed by atoms with Gasteiger partial charge in [-0.15, -0.1) is 12.4 Å². The third-order valence-corrected chi connectivity index (χ3v) is 4.55. The lowest BCUT2D eigenvalue weighted by molar-refractivity contribution is -0.384. The van der Waals surface area contributed by atoms with Crippen molar-refractivity contribution in [2.75, 3.05) is 24.7 Å². The van der Waals surface area contributed by atoms with Crippen molar-refractivity contribution in [2.24, 2.45) is 5.73 Å². The molecule has 2 aromatic rings. The van der Waals surface area contributed by atoms with Crippen LogP contribution in [0.2, 0.25) is 0 Å². The zero-order chi connectivity index (χ0) is 19.3. The molecule has 4 N–H and O–H groups in total. The van der Waals surface area contributed by atoms with E-state index in [1.54, 1.807) is 0 Å². The molecule has 0 radical (unpaired) electrons. The molecule has 0 unspecified atom stereocenters. The number of carbonyl (C=O) groups is 1. The minimum atomic E-state index is -3.55. The first kappa shape index (κ1) is 22.4. The van der Waals surface area contributed by atoms with E-state index in [4.69, 9.17) is 10.2 Å². The van der Waals surface area contributed by atoms with Gasteiger partial charge in [0.05, 0.1) is 21.9 Å². The third-order valence-electron chi connectivity index (χ3n) is 3.44. The number of nitrogens with zero attached hydrogens (tertiary/aromatic N) is 1. The zero-order valence-corrected chi connectivity index (χ0v) is 15.9. The summed E-state index contributed by atoms with van der Waals surface area (Å²) in [7, 11) is -3.55. The molecule has 1 heterocycles. The Morgan fingerprint density at radius 1 is 1.30 bits per heavy atom. The van der Waals surface area contributed by atoms with Crippen molar-refractivity contribution >= 4 is 39.5 Å². The molecule has 0 atom stereocenters. The fourth-order valence-electron chi connectivity index (χ4n) is 2.12. The zero-order valence-electron chi connectivity index (χ0n) is 14.3. The number of sulfone groups is 1. The smallest absolute Gasteiger partial charge is 0.293 e. The van der Waals surface area contributed by atoms with Gasteiger partial charge in [-0.2, -0.15) is 0 Å². The van der Waals surface area contributed by atoms with Gasteiger partial charge in [0.25, 0.3) is 11.6 Å². The molecule has 1 aromatic carbocycles. The van der Waals surface area contributed by atoms with E-state index in [9.17, 15) is 23.3 Å². The number of nitro benzene ring substituents is 1. The Kier molecular flexibility index (Phi) is 7.76. The molecule has 0 aliphatic rings. The van der Waals surface area contributed by atoms with E-state index in [1.807, 2.05) is 0 Å². The molecule has 0 aliphatic carbocycles. The molecule has 0 saturated heterocycles. The Labute approximate surface area is 161 Å². The SMILES string of the molecule is CS(=O)(=O)c1ccc(NCCNC(=O)c2coc(CN)c2)c([N+](=O)[O-])c1.Cl. The number of furan rings is 1. The summed E-state index contributed by atoms with van der Waals surface area (Å²) in [6.45, 7) is 0.571. The topological polar surface area (TPSA) is 158 Å². The van der Waals surface area contributed by atoms with Crippen LogP contribution in [0.1, 0.15) is 16.1 Å². The van der Waals surface area contributed by atoms with E-state index in [0.717, 1.165) is 12.3 Å². The monoisotopic (exact) mass is 418 g/mol. The lowest BCUT2D eigenvalue weighted by Gasteiger charge is -2.09. The summed E-state index contributed by atoms with van der Waals surface area (Å²) < 4.78 is 28.1. The molecular weight excluding hydrogens is 400 g/mol. The van der Waals surface area contributed by atoms with Crippen LogP contribution < -0.4 is 16.4 Å². The largest absolute Gasteiger partial charge is 0.467 e. The van der Waals surface area contributed by atoms with Gasteiger partial charge in [-0.1, -0.05) is 0 Å². The van der Waals surface area contributed by atoms with Crippen LogP contribution in [0.25, 0.3) is 0 Å². The minimum absolute atomic E-state index is 0. The van der Waals surface area contributed by atoms with Crippen LogP contribution in [0, 0.1) is 10.1 Å². The van der Waals surface area contributed by atoms with Gasteiger partial charge < -0.3 is 20.8 Å². The van der Waals surface area contributed by atoms with E-state index < -0.39 is 14.8 Å². The molecule has 0 aliphatic heterocycles. The van der Waals surface area contributed by atoms with Crippen molar-refractivity contribution in [1.82, 2.24) is 5.32 Å². The van der Waals surface area contributed by atoms with Gasteiger partial charge in [0.1, 0.15) is 17.7 Å². The first-order chi connectivity index (χ1) is 12.2. The standard InChI is InChI=1S/C15H18N4O6S.ClH/c1-26(23,24)12-2-3-13(14(7-12)19(21)22)17-4-5-18-15(20)10-6-11(8-16)25-9-10;/h2-3,6-7,9,17H,4-5,8,16H2,1H3,(H,18,20);1H. The summed E-state index contributed by atoms with van der Waals surface area (Å²) in [5, 5.41) is 16.6. The van der Waals surface area contributed by atoms with Gasteiger partial charge in [-0.05, 0) is 18.2 Å². The molecule has 2 rings (SSSR count). The fourth-order valence-corrected chi connectivity index (χ4v) is 2.77. The lowest BCUT2D eigenvalue weighted by atomic mass is 10.2. The summed E-state index contributed by atoms with van der Waals surface area (Å²) in [6.07, 6.45) is 2.26. The van der Waals surface area contributed by atoms with Crippen LogP contribution in [0.15, 0.2) is 39.8 Å². The van der Waals surface area contributed by atoms with Crippen LogP contribution in [-0.2, 0) is 16.4 Å². The van der Waals surface area contributed by atoms with Crippen LogP contribution in [0.4, 0.5) is 11.4 Å². The molecule has 27 heavy (non-hydrogen) atoms. The highest BCUT2D eigenvalue weighted by atomic mass is 35.5. The Morgan fingerprint density at radius 2 is 2.00 bits per heavy atom. The number of nitro groups is 1. The quantitative estimate of drug-likeness (QED) is 0.329. The van der Waals surface area contributed by atoms with E-state index in [0.29, 0.717) is 11.3 Å². The molecule has 0 fully saturated rings. The summed E-state index contributed by atoms with van der Waals surface area (Å²) in [5.41, 5.74) is 5.52. The van der Waals surface area contributed by atoms with Crippen LogP contribution >= 0.6 is 12.4 Å². The van der Waals surface area contributed by atoms with Crippen LogP contribution in [-0.4, -0.2) is 38.6 Å². The van der Waals surface area contributed by atoms with Crippen LogP contribution in [0.5, 0.6) is 0 Å². The number of nitrogens with one attached hydrogen (secondary N) is 2. The number of amides is 1. The average molecular weight is 419 g/mol. The van der Waals surface area contributed by atoms with Crippen molar-refractivity contribution < 1.29 is 22.6 Å². The molecule has 10 nitrogen and oxygen atoms in total. The summed E-state index contributed by atoms with van der Waals surface area (Å²) in [4.78, 5) is 22.2. The Morgan fingerprint density at radius 3 is 2.56 bits per heavy atom. The number of hydrogen-bond acceptors (Lipinski definition) is 8. The lowest BCUT2D eigenvalue weighted by Crippen LogP contribution is -2.28.